The molecule has 0 N–H and O–H groups in total. The number of piperazine rings is 1. The van der Waals surface area contributed by atoms with Crippen LogP contribution in [0.3, 0.4) is 0 Å². The van der Waals surface area contributed by atoms with E-state index in [2.05, 4.69) is 47.9 Å². The van der Waals surface area contributed by atoms with Crippen molar-refractivity contribution < 1.29 is 17.4 Å². The van der Waals surface area contributed by atoms with E-state index in [4.69, 9.17) is 0 Å². The number of hydrogen-bond acceptors (Lipinski definition) is 6. The Bertz CT molecular complexity index is 1090. The number of nitrogens with zero attached hydrogens (tertiary/aromatic N) is 5. The highest BCUT2D eigenvalue weighted by molar-refractivity contribution is 7.88. The minimum atomic E-state index is -3.22. The maximum Gasteiger partial charge on any atom is 0.320 e. The highest BCUT2D eigenvalue weighted by Gasteiger charge is 2.47. The Kier molecular flexibility index (Phi) is 7.01. The van der Waals surface area contributed by atoms with Gasteiger partial charge in [0.25, 0.3) is 0 Å². The molecule has 2 unspecified atom stereocenters. The van der Waals surface area contributed by atoms with Crippen LogP contribution in [0.15, 0.2) is 24.3 Å². The molecule has 1 aromatic carbocycles. The lowest BCUT2D eigenvalue weighted by Crippen LogP contribution is -2.56. The Morgan fingerprint density at radius 3 is 2.11 bits per heavy atom. The zero-order valence-corrected chi connectivity index (χ0v) is 23.3. The lowest BCUT2D eigenvalue weighted by molar-refractivity contribution is 0.132. The molecule has 0 radical (unpaired) electrons. The zero-order chi connectivity index (χ0) is 25.7. The van der Waals surface area contributed by atoms with E-state index >= 15 is 0 Å². The fourth-order valence-corrected chi connectivity index (χ4v) is 8.32. The first-order chi connectivity index (χ1) is 17.0. The molecule has 5 saturated heterocycles. The van der Waals surface area contributed by atoms with Crippen molar-refractivity contribution in [2.45, 2.75) is 26.3 Å². The predicted molar refractivity (Wildman–Crippen MR) is 145 cm³/mol. The van der Waals surface area contributed by atoms with Gasteiger partial charge in [-0.3, -0.25) is 4.21 Å². The van der Waals surface area contributed by atoms with Crippen LogP contribution in [0.1, 0.15) is 20.3 Å². The molecule has 1 aromatic rings. The van der Waals surface area contributed by atoms with Crippen LogP contribution in [0, 0.1) is 11.3 Å². The second kappa shape index (κ2) is 9.79. The summed E-state index contributed by atoms with van der Waals surface area (Å²) >= 11 is 0. The highest BCUT2D eigenvalue weighted by atomic mass is 32.2. The summed E-state index contributed by atoms with van der Waals surface area (Å²) in [5, 5.41) is 0. The fraction of sp³-hybridized carbons (Fsp3) is 0.720. The van der Waals surface area contributed by atoms with E-state index < -0.39 is 20.8 Å². The van der Waals surface area contributed by atoms with E-state index in [0.29, 0.717) is 38.6 Å². The minimum Gasteiger partial charge on any atom is -0.370 e. The normalized spacial score (nSPS) is 27.9. The molecule has 2 bridgehead atoms. The lowest BCUT2D eigenvalue weighted by Gasteiger charge is -2.48. The summed E-state index contributed by atoms with van der Waals surface area (Å²) in [5.74, 6) is 1.86. The van der Waals surface area contributed by atoms with Crippen molar-refractivity contribution in [2.24, 2.45) is 11.3 Å². The topological polar surface area (TPSA) is 84.5 Å². The third-order valence-electron chi connectivity index (χ3n) is 8.39. The van der Waals surface area contributed by atoms with Crippen LogP contribution in [-0.4, -0.2) is 115 Å². The van der Waals surface area contributed by atoms with Crippen LogP contribution < -0.4 is 9.80 Å². The van der Waals surface area contributed by atoms with Crippen molar-refractivity contribution in [1.82, 2.24) is 14.1 Å². The molecule has 5 heterocycles. The van der Waals surface area contributed by atoms with Gasteiger partial charge in [-0.2, -0.15) is 4.31 Å². The first-order valence-electron chi connectivity index (χ1n) is 13.0. The fourth-order valence-electron chi connectivity index (χ4n) is 6.44. The molecule has 0 aromatic heterocycles. The number of fused-ring (bicyclic) bond motifs is 4. The molecule has 5 fully saturated rings. The molecule has 36 heavy (non-hydrogen) atoms. The predicted octanol–water partition coefficient (Wildman–Crippen LogP) is 1.49. The summed E-state index contributed by atoms with van der Waals surface area (Å²) in [4.78, 5) is 22.2. The van der Waals surface area contributed by atoms with Crippen molar-refractivity contribution in [3.63, 3.8) is 0 Å². The second-order valence-corrected chi connectivity index (χ2v) is 15.1. The van der Waals surface area contributed by atoms with Gasteiger partial charge in [0.2, 0.25) is 10.0 Å². The Hall–Kier alpha value is -1.85. The molecule has 5 aliphatic heterocycles. The first kappa shape index (κ1) is 25.8. The maximum absolute atomic E-state index is 13.5. The van der Waals surface area contributed by atoms with Crippen molar-refractivity contribution in [1.29, 1.82) is 0 Å². The molecule has 0 aliphatic carbocycles. The van der Waals surface area contributed by atoms with Crippen LogP contribution >= 0.6 is 0 Å². The smallest absolute Gasteiger partial charge is 0.320 e. The summed E-state index contributed by atoms with van der Waals surface area (Å²) < 4.78 is 36.9. The number of piperidine rings is 1. The monoisotopic (exact) mass is 537 g/mol. The molecule has 9 nitrogen and oxygen atoms in total. The molecule has 0 saturated carbocycles. The number of urea groups is 1. The van der Waals surface area contributed by atoms with Crippen LogP contribution in [0.4, 0.5) is 16.2 Å². The number of anilines is 2. The van der Waals surface area contributed by atoms with Gasteiger partial charge in [0.05, 0.1) is 12.3 Å². The molecule has 2 atom stereocenters. The Morgan fingerprint density at radius 1 is 0.889 bits per heavy atom. The third kappa shape index (κ3) is 5.24. The van der Waals surface area contributed by atoms with Crippen LogP contribution in [0.2, 0.25) is 0 Å². The van der Waals surface area contributed by atoms with Crippen LogP contribution in [0.25, 0.3) is 0 Å². The van der Waals surface area contributed by atoms with Crippen LogP contribution in [0.5, 0.6) is 0 Å². The van der Waals surface area contributed by atoms with Gasteiger partial charge in [-0.15, -0.1) is 0 Å². The van der Waals surface area contributed by atoms with Gasteiger partial charge < -0.3 is 19.6 Å². The van der Waals surface area contributed by atoms with Gasteiger partial charge in [0, 0.05) is 92.6 Å². The van der Waals surface area contributed by atoms with Gasteiger partial charge >= 0.3 is 6.03 Å². The van der Waals surface area contributed by atoms with Gasteiger partial charge in [-0.1, -0.05) is 13.8 Å². The number of rotatable bonds is 3. The summed E-state index contributed by atoms with van der Waals surface area (Å²) in [6.07, 6.45) is 2.32. The van der Waals surface area contributed by atoms with E-state index in [0.717, 1.165) is 44.1 Å². The van der Waals surface area contributed by atoms with E-state index in [1.54, 1.807) is 0 Å². The number of sulfonamides is 1. The first-order valence-corrected chi connectivity index (χ1v) is 16.3. The largest absolute Gasteiger partial charge is 0.370 e. The number of carbonyl (C=O) groups is 1. The quantitative estimate of drug-likeness (QED) is 0.581. The molecule has 200 valence electrons. The Morgan fingerprint density at radius 2 is 1.50 bits per heavy atom. The standard InChI is InChI=1S/C25H39N5O4S2/c1-25(2)16-20-17-28(24(31)27-8-10-29(11-9-27)36(3,33)34)19-23(25)30(18-20)22-6-4-21(5-7-22)26-12-14-35(32)15-13-26/h4-7,20,23H,8-19H2,1-3H3. The van der Waals surface area contributed by atoms with E-state index in [9.17, 15) is 17.4 Å². The average molecular weight is 538 g/mol. The molecular weight excluding hydrogens is 498 g/mol. The summed E-state index contributed by atoms with van der Waals surface area (Å²) in [6, 6.07) is 9.01. The molecule has 2 amide bonds. The lowest BCUT2D eigenvalue weighted by atomic mass is 9.73. The van der Waals surface area contributed by atoms with E-state index in [1.807, 2.05) is 9.80 Å². The van der Waals surface area contributed by atoms with Gasteiger partial charge in [-0.05, 0) is 42.0 Å². The number of amides is 2. The van der Waals surface area contributed by atoms with Crippen molar-refractivity contribution >= 4 is 38.2 Å². The van der Waals surface area contributed by atoms with Crippen molar-refractivity contribution in [3.8, 4) is 0 Å². The summed E-state index contributed by atoms with van der Waals surface area (Å²) in [6.45, 7) is 10.3. The molecular formula is C25H39N5O4S2. The Balaban J connectivity index is 1.29. The van der Waals surface area contributed by atoms with Gasteiger partial charge in [-0.25, -0.2) is 13.2 Å². The molecule has 6 rings (SSSR count). The van der Waals surface area contributed by atoms with E-state index in [-0.39, 0.29) is 17.5 Å². The maximum atomic E-state index is 13.5. The summed E-state index contributed by atoms with van der Waals surface area (Å²) in [5.41, 5.74) is 2.45. The van der Waals surface area contributed by atoms with Gasteiger partial charge in [0.15, 0.2) is 0 Å². The average Bonchev–Trinajstić information content (AvgIpc) is 3.11. The van der Waals surface area contributed by atoms with Crippen LogP contribution in [-0.2, 0) is 20.8 Å². The Labute approximate surface area is 217 Å². The number of carbonyl (C=O) groups excluding carboxylic acids is 1. The highest BCUT2D eigenvalue weighted by Crippen LogP contribution is 2.43. The third-order valence-corrected chi connectivity index (χ3v) is 11.0. The SMILES string of the molecule is CC1(C)CC2CN(C(=O)N3CCN(S(C)(=O)=O)CC3)CC1N(c1ccc(N3CCS(=O)CC3)cc1)C2. The zero-order valence-electron chi connectivity index (χ0n) is 21.6. The van der Waals surface area contributed by atoms with Crippen molar-refractivity contribution in [3.05, 3.63) is 24.3 Å². The summed E-state index contributed by atoms with van der Waals surface area (Å²) in [7, 11) is -3.91. The molecule has 5 aliphatic rings. The second-order valence-electron chi connectivity index (χ2n) is 11.4. The van der Waals surface area contributed by atoms with Crippen molar-refractivity contribution in [2.75, 3.05) is 86.5 Å². The molecule has 0 spiro atoms. The number of hydrogen-bond donors (Lipinski definition) is 0. The van der Waals surface area contributed by atoms with E-state index in [1.165, 1.54) is 21.9 Å². The van der Waals surface area contributed by atoms with Gasteiger partial charge in [0.1, 0.15) is 0 Å². The molecule has 11 heteroatoms. The number of benzene rings is 1. The minimum absolute atomic E-state index is 0.0375.